The average molecular weight is 356 g/mol. The van der Waals surface area contributed by atoms with Crippen LogP contribution in [0, 0.1) is 11.6 Å². The van der Waals surface area contributed by atoms with Crippen LogP contribution in [-0.2, 0) is 11.2 Å². The number of likely N-dealkylation sites (N-methyl/N-ethyl adjacent to an activating group) is 1. The molecule has 5 nitrogen and oxygen atoms in total. The third-order valence-electron chi connectivity index (χ3n) is 3.71. The smallest absolute Gasteiger partial charge is 0.191 e. The van der Waals surface area contributed by atoms with E-state index in [4.69, 9.17) is 4.74 Å². The standard InChI is InChI=1S/C18H30F2N4O/c1-4-21-18(23-11-13-24(2)12-6-14-25-3)22-10-9-15-16(19)7-5-8-17(15)20/h5,7-8H,4,6,9-14H2,1-3H3,(H2,21,22,23). The van der Waals surface area contributed by atoms with Crippen LogP contribution >= 0.6 is 0 Å². The number of ether oxygens (including phenoxy) is 1. The summed E-state index contributed by atoms with van der Waals surface area (Å²) < 4.78 is 32.3. The second-order valence-electron chi connectivity index (χ2n) is 5.79. The lowest BCUT2D eigenvalue weighted by atomic mass is 10.1. The molecule has 0 aliphatic rings. The number of aliphatic imine (C=N–C) groups is 1. The second kappa shape index (κ2) is 12.6. The number of nitrogens with one attached hydrogen (secondary N) is 2. The normalized spacial score (nSPS) is 11.8. The zero-order valence-corrected chi connectivity index (χ0v) is 15.4. The zero-order chi connectivity index (χ0) is 18.5. The van der Waals surface area contributed by atoms with Gasteiger partial charge in [0.25, 0.3) is 0 Å². The van der Waals surface area contributed by atoms with Gasteiger partial charge in [-0.05, 0) is 38.9 Å². The molecule has 1 aromatic carbocycles. The lowest BCUT2D eigenvalue weighted by molar-refractivity contribution is 0.180. The Morgan fingerprint density at radius 1 is 1.20 bits per heavy atom. The van der Waals surface area contributed by atoms with E-state index in [2.05, 4.69) is 20.5 Å². The van der Waals surface area contributed by atoms with Crippen LogP contribution in [0.3, 0.4) is 0 Å². The van der Waals surface area contributed by atoms with E-state index in [1.54, 1.807) is 7.11 Å². The summed E-state index contributed by atoms with van der Waals surface area (Å²) in [4.78, 5) is 6.69. The van der Waals surface area contributed by atoms with Crippen molar-refractivity contribution in [3.8, 4) is 0 Å². The van der Waals surface area contributed by atoms with Crippen molar-refractivity contribution >= 4 is 5.96 Å². The molecule has 0 aliphatic heterocycles. The third-order valence-corrected chi connectivity index (χ3v) is 3.71. The number of hydrogen-bond acceptors (Lipinski definition) is 3. The predicted molar refractivity (Wildman–Crippen MR) is 98.0 cm³/mol. The largest absolute Gasteiger partial charge is 0.385 e. The topological polar surface area (TPSA) is 48.9 Å². The first-order chi connectivity index (χ1) is 12.1. The van der Waals surface area contributed by atoms with Crippen molar-refractivity contribution in [1.29, 1.82) is 0 Å². The van der Waals surface area contributed by atoms with E-state index in [0.717, 1.165) is 32.7 Å². The van der Waals surface area contributed by atoms with Gasteiger partial charge < -0.3 is 20.3 Å². The Morgan fingerprint density at radius 3 is 2.56 bits per heavy atom. The van der Waals surface area contributed by atoms with Crippen LogP contribution in [0.15, 0.2) is 23.2 Å². The van der Waals surface area contributed by atoms with Gasteiger partial charge in [0.15, 0.2) is 5.96 Å². The minimum Gasteiger partial charge on any atom is -0.385 e. The highest BCUT2D eigenvalue weighted by Gasteiger charge is 2.08. The average Bonchev–Trinajstić information content (AvgIpc) is 2.57. The van der Waals surface area contributed by atoms with E-state index >= 15 is 0 Å². The lowest BCUT2D eigenvalue weighted by Crippen LogP contribution is -2.39. The number of halogens is 2. The minimum atomic E-state index is -0.513. The molecular weight excluding hydrogens is 326 g/mol. The zero-order valence-electron chi connectivity index (χ0n) is 15.4. The van der Waals surface area contributed by atoms with E-state index < -0.39 is 11.6 Å². The Labute approximate surface area is 149 Å². The Morgan fingerprint density at radius 2 is 1.92 bits per heavy atom. The first-order valence-corrected chi connectivity index (χ1v) is 8.71. The summed E-state index contributed by atoms with van der Waals surface area (Å²) in [5.74, 6) is -0.368. The van der Waals surface area contributed by atoms with Crippen molar-refractivity contribution in [3.63, 3.8) is 0 Å². The van der Waals surface area contributed by atoms with Crippen LogP contribution < -0.4 is 10.6 Å². The molecule has 25 heavy (non-hydrogen) atoms. The van der Waals surface area contributed by atoms with Gasteiger partial charge >= 0.3 is 0 Å². The van der Waals surface area contributed by atoms with Crippen molar-refractivity contribution in [1.82, 2.24) is 15.5 Å². The van der Waals surface area contributed by atoms with Crippen LogP contribution in [0.4, 0.5) is 8.78 Å². The van der Waals surface area contributed by atoms with E-state index in [-0.39, 0.29) is 12.0 Å². The number of guanidine groups is 1. The van der Waals surface area contributed by atoms with Crippen LogP contribution in [0.25, 0.3) is 0 Å². The lowest BCUT2D eigenvalue weighted by Gasteiger charge is -2.16. The van der Waals surface area contributed by atoms with E-state index in [1.807, 2.05) is 14.0 Å². The molecule has 0 fully saturated rings. The number of benzene rings is 1. The molecule has 0 radical (unpaired) electrons. The summed E-state index contributed by atoms with van der Waals surface area (Å²) in [5, 5.41) is 6.25. The third kappa shape index (κ3) is 8.79. The Hall–Kier alpha value is -1.73. The van der Waals surface area contributed by atoms with Gasteiger partial charge in [-0.1, -0.05) is 6.07 Å². The summed E-state index contributed by atoms with van der Waals surface area (Å²) in [6.45, 7) is 6.31. The minimum absolute atomic E-state index is 0.101. The van der Waals surface area contributed by atoms with Gasteiger partial charge in [-0.15, -0.1) is 0 Å². The van der Waals surface area contributed by atoms with Crippen molar-refractivity contribution in [3.05, 3.63) is 35.4 Å². The van der Waals surface area contributed by atoms with Crippen LogP contribution in [0.5, 0.6) is 0 Å². The molecule has 1 aromatic rings. The molecule has 0 aromatic heterocycles. The fraction of sp³-hybridized carbons (Fsp3) is 0.611. The first kappa shape index (κ1) is 21.3. The molecule has 0 heterocycles. The number of methoxy groups -OCH3 is 1. The summed E-state index contributed by atoms with van der Waals surface area (Å²) in [5.41, 5.74) is 0.101. The SMILES string of the molecule is CCNC(=NCCN(C)CCCOC)NCCc1c(F)cccc1F. The molecule has 0 aliphatic carbocycles. The highest BCUT2D eigenvalue weighted by atomic mass is 19.1. The highest BCUT2D eigenvalue weighted by Crippen LogP contribution is 2.11. The highest BCUT2D eigenvalue weighted by molar-refractivity contribution is 5.79. The Bertz CT molecular complexity index is 506. The van der Waals surface area contributed by atoms with Gasteiger partial charge in [0, 0.05) is 45.5 Å². The quantitative estimate of drug-likeness (QED) is 0.362. The van der Waals surface area contributed by atoms with Gasteiger partial charge in [0.05, 0.1) is 6.54 Å². The maximum absolute atomic E-state index is 13.6. The molecule has 142 valence electrons. The van der Waals surface area contributed by atoms with Crippen molar-refractivity contribution in [2.75, 3.05) is 53.5 Å². The summed E-state index contributed by atoms with van der Waals surface area (Å²) >= 11 is 0. The van der Waals surface area contributed by atoms with Gasteiger partial charge in [-0.25, -0.2) is 8.78 Å². The Kier molecular flexibility index (Phi) is 10.7. The molecule has 0 atom stereocenters. The molecule has 7 heteroatoms. The van der Waals surface area contributed by atoms with E-state index in [1.165, 1.54) is 18.2 Å². The summed E-state index contributed by atoms with van der Waals surface area (Å²) in [7, 11) is 3.75. The van der Waals surface area contributed by atoms with Gasteiger partial charge in [-0.3, -0.25) is 4.99 Å². The fourth-order valence-corrected chi connectivity index (χ4v) is 2.34. The number of hydrogen-bond donors (Lipinski definition) is 2. The number of rotatable bonds is 11. The monoisotopic (exact) mass is 356 g/mol. The van der Waals surface area contributed by atoms with E-state index in [0.29, 0.717) is 19.0 Å². The van der Waals surface area contributed by atoms with Crippen LogP contribution in [0.1, 0.15) is 18.9 Å². The second-order valence-corrected chi connectivity index (χ2v) is 5.79. The van der Waals surface area contributed by atoms with Crippen LogP contribution in [-0.4, -0.2) is 64.3 Å². The molecule has 0 bridgehead atoms. The maximum Gasteiger partial charge on any atom is 0.191 e. The van der Waals surface area contributed by atoms with Gasteiger partial charge in [0.2, 0.25) is 0 Å². The van der Waals surface area contributed by atoms with Gasteiger partial charge in [-0.2, -0.15) is 0 Å². The fourth-order valence-electron chi connectivity index (χ4n) is 2.34. The molecule has 0 saturated carbocycles. The molecule has 1 rings (SSSR count). The molecule has 2 N–H and O–H groups in total. The molecule has 0 amide bonds. The summed E-state index contributed by atoms with van der Waals surface area (Å²) in [6.07, 6.45) is 1.25. The van der Waals surface area contributed by atoms with Crippen molar-refractivity contribution in [2.24, 2.45) is 4.99 Å². The number of nitrogens with zero attached hydrogens (tertiary/aromatic N) is 2. The van der Waals surface area contributed by atoms with Crippen LogP contribution in [0.2, 0.25) is 0 Å². The molecule has 0 spiro atoms. The predicted octanol–water partition coefficient (Wildman–Crippen LogP) is 2.03. The molecule has 0 saturated heterocycles. The first-order valence-electron chi connectivity index (χ1n) is 8.71. The maximum atomic E-state index is 13.6. The van der Waals surface area contributed by atoms with E-state index in [9.17, 15) is 8.78 Å². The molecular formula is C18H30F2N4O. The summed E-state index contributed by atoms with van der Waals surface area (Å²) in [6, 6.07) is 3.92. The molecule has 0 unspecified atom stereocenters. The van der Waals surface area contributed by atoms with Crippen molar-refractivity contribution in [2.45, 2.75) is 19.8 Å². The van der Waals surface area contributed by atoms with Crippen molar-refractivity contribution < 1.29 is 13.5 Å². The van der Waals surface area contributed by atoms with Gasteiger partial charge in [0.1, 0.15) is 11.6 Å². The Balaban J connectivity index is 2.40.